The maximum Gasteiger partial charge on any atom is 0.224 e. The first-order chi connectivity index (χ1) is 6.58. The lowest BCUT2D eigenvalue weighted by atomic mass is 10.1. The first kappa shape index (κ1) is 10.6. The number of aromatic hydroxyl groups is 1. The highest BCUT2D eigenvalue weighted by molar-refractivity contribution is 5.78. The number of amides is 1. The van der Waals surface area contributed by atoms with Crippen molar-refractivity contribution in [1.29, 1.82) is 0 Å². The average Bonchev–Trinajstić information content (AvgIpc) is 2.01. The van der Waals surface area contributed by atoms with E-state index in [9.17, 15) is 9.90 Å². The summed E-state index contributed by atoms with van der Waals surface area (Å²) in [6.45, 7) is 3.83. The van der Waals surface area contributed by atoms with Gasteiger partial charge in [-0.2, -0.15) is 0 Å². The number of nitrogens with one attached hydrogen (secondary N) is 1. The Morgan fingerprint density at radius 1 is 1.50 bits per heavy atom. The van der Waals surface area contributed by atoms with E-state index in [4.69, 9.17) is 0 Å². The molecule has 0 heterocycles. The molecule has 3 nitrogen and oxygen atoms in total. The fraction of sp³-hybridized carbons (Fsp3) is 0.364. The first-order valence-corrected chi connectivity index (χ1v) is 4.65. The zero-order chi connectivity index (χ0) is 10.6. The summed E-state index contributed by atoms with van der Waals surface area (Å²) in [5.41, 5.74) is 0.822. The highest BCUT2D eigenvalue weighted by Gasteiger charge is 2.04. The Bertz CT molecular complexity index is 321. The minimum absolute atomic E-state index is 0.0226. The normalized spacial score (nSPS) is 10.2. The lowest BCUT2D eigenvalue weighted by Crippen LogP contribution is -2.31. The van der Waals surface area contributed by atoms with Gasteiger partial charge in [0.05, 0.1) is 6.42 Å². The molecule has 1 amide bonds. The molecule has 0 fully saturated rings. The standard InChI is InChI=1S/C11H15NO2/c1-8(2)12-11(14)7-9-4-3-5-10(13)6-9/h3-6,8,13H,7H2,1-2H3,(H,12,14). The monoisotopic (exact) mass is 193 g/mol. The van der Waals surface area contributed by atoms with Gasteiger partial charge in [-0.15, -0.1) is 0 Å². The molecule has 0 aliphatic rings. The summed E-state index contributed by atoms with van der Waals surface area (Å²) in [6, 6.07) is 6.89. The van der Waals surface area contributed by atoms with Crippen LogP contribution in [0.1, 0.15) is 19.4 Å². The zero-order valence-electron chi connectivity index (χ0n) is 8.45. The van der Waals surface area contributed by atoms with E-state index in [1.165, 1.54) is 0 Å². The molecule has 2 N–H and O–H groups in total. The van der Waals surface area contributed by atoms with Crippen molar-refractivity contribution in [2.75, 3.05) is 0 Å². The molecule has 76 valence electrons. The Morgan fingerprint density at radius 2 is 2.21 bits per heavy atom. The molecule has 1 rings (SSSR count). The lowest BCUT2D eigenvalue weighted by molar-refractivity contribution is -0.120. The number of carbonyl (C=O) groups excluding carboxylic acids is 1. The van der Waals surface area contributed by atoms with Gasteiger partial charge < -0.3 is 10.4 Å². The van der Waals surface area contributed by atoms with Gasteiger partial charge >= 0.3 is 0 Å². The number of phenols is 1. The molecular weight excluding hydrogens is 178 g/mol. The fourth-order valence-corrected chi connectivity index (χ4v) is 1.22. The van der Waals surface area contributed by atoms with Crippen molar-refractivity contribution < 1.29 is 9.90 Å². The van der Waals surface area contributed by atoms with Gasteiger partial charge in [-0.1, -0.05) is 12.1 Å². The van der Waals surface area contributed by atoms with Crippen LogP contribution >= 0.6 is 0 Å². The van der Waals surface area contributed by atoms with E-state index in [-0.39, 0.29) is 17.7 Å². The molecule has 0 saturated heterocycles. The van der Waals surface area contributed by atoms with Crippen molar-refractivity contribution in [2.45, 2.75) is 26.3 Å². The number of hydrogen-bond acceptors (Lipinski definition) is 2. The van der Waals surface area contributed by atoms with Crippen molar-refractivity contribution in [3.63, 3.8) is 0 Å². The molecule has 1 aromatic rings. The van der Waals surface area contributed by atoms with Crippen LogP contribution in [0.15, 0.2) is 24.3 Å². The van der Waals surface area contributed by atoms with E-state index in [0.29, 0.717) is 6.42 Å². The van der Waals surface area contributed by atoms with Gasteiger partial charge in [0.1, 0.15) is 5.75 Å². The van der Waals surface area contributed by atoms with Crippen LogP contribution in [-0.4, -0.2) is 17.1 Å². The summed E-state index contributed by atoms with van der Waals surface area (Å²) in [4.78, 5) is 11.3. The second-order valence-electron chi connectivity index (χ2n) is 3.57. The van der Waals surface area contributed by atoms with Crippen LogP contribution in [0.2, 0.25) is 0 Å². The Kier molecular flexibility index (Phi) is 3.51. The predicted molar refractivity (Wildman–Crippen MR) is 55.1 cm³/mol. The topological polar surface area (TPSA) is 49.3 Å². The summed E-state index contributed by atoms with van der Waals surface area (Å²) in [6.07, 6.45) is 0.312. The van der Waals surface area contributed by atoms with Gasteiger partial charge in [0.25, 0.3) is 0 Å². The molecule has 0 aromatic heterocycles. The summed E-state index contributed by atoms with van der Waals surface area (Å²) in [5.74, 6) is 0.172. The molecule has 0 bridgehead atoms. The van der Waals surface area contributed by atoms with E-state index in [0.717, 1.165) is 5.56 Å². The average molecular weight is 193 g/mol. The quantitative estimate of drug-likeness (QED) is 0.763. The van der Waals surface area contributed by atoms with E-state index in [1.807, 2.05) is 19.9 Å². The van der Waals surface area contributed by atoms with Crippen LogP contribution in [0.25, 0.3) is 0 Å². The minimum Gasteiger partial charge on any atom is -0.508 e. The molecule has 3 heteroatoms. The number of phenolic OH excluding ortho intramolecular Hbond substituents is 1. The highest BCUT2D eigenvalue weighted by atomic mass is 16.3. The Labute approximate surface area is 83.8 Å². The molecule has 0 atom stereocenters. The second-order valence-corrected chi connectivity index (χ2v) is 3.57. The third kappa shape index (κ3) is 3.47. The molecule has 14 heavy (non-hydrogen) atoms. The van der Waals surface area contributed by atoms with Gasteiger partial charge in [-0.3, -0.25) is 4.79 Å². The largest absolute Gasteiger partial charge is 0.508 e. The highest BCUT2D eigenvalue weighted by Crippen LogP contribution is 2.11. The SMILES string of the molecule is CC(C)NC(=O)Cc1cccc(O)c1. The lowest BCUT2D eigenvalue weighted by Gasteiger charge is -2.08. The summed E-state index contributed by atoms with van der Waals surface area (Å²) < 4.78 is 0. The van der Waals surface area contributed by atoms with E-state index in [2.05, 4.69) is 5.32 Å². The van der Waals surface area contributed by atoms with Crippen molar-refractivity contribution in [3.8, 4) is 5.75 Å². The van der Waals surface area contributed by atoms with E-state index >= 15 is 0 Å². The van der Waals surface area contributed by atoms with Crippen LogP contribution in [-0.2, 0) is 11.2 Å². The zero-order valence-corrected chi connectivity index (χ0v) is 8.45. The van der Waals surface area contributed by atoms with Gasteiger partial charge in [0.15, 0.2) is 0 Å². The van der Waals surface area contributed by atoms with Crippen molar-refractivity contribution in [3.05, 3.63) is 29.8 Å². The smallest absolute Gasteiger partial charge is 0.224 e. The van der Waals surface area contributed by atoms with Gasteiger partial charge in [0.2, 0.25) is 5.91 Å². The minimum atomic E-state index is -0.0226. The molecular formula is C11H15NO2. The molecule has 0 aliphatic carbocycles. The van der Waals surface area contributed by atoms with Crippen LogP contribution < -0.4 is 5.32 Å². The first-order valence-electron chi connectivity index (χ1n) is 4.65. The molecule has 0 radical (unpaired) electrons. The van der Waals surface area contributed by atoms with E-state index < -0.39 is 0 Å². The van der Waals surface area contributed by atoms with Crippen molar-refractivity contribution >= 4 is 5.91 Å². The van der Waals surface area contributed by atoms with Crippen LogP contribution in [0.3, 0.4) is 0 Å². The molecule has 0 saturated carbocycles. The maximum absolute atomic E-state index is 11.3. The van der Waals surface area contributed by atoms with Gasteiger partial charge in [0, 0.05) is 6.04 Å². The number of hydrogen-bond donors (Lipinski definition) is 2. The number of carbonyl (C=O) groups is 1. The van der Waals surface area contributed by atoms with Crippen LogP contribution in [0.4, 0.5) is 0 Å². The Balaban J connectivity index is 2.56. The third-order valence-corrected chi connectivity index (χ3v) is 1.72. The molecule has 1 aromatic carbocycles. The van der Waals surface area contributed by atoms with Crippen LogP contribution in [0.5, 0.6) is 5.75 Å². The molecule has 0 aliphatic heterocycles. The third-order valence-electron chi connectivity index (χ3n) is 1.72. The van der Waals surface area contributed by atoms with Crippen molar-refractivity contribution in [1.82, 2.24) is 5.32 Å². The summed E-state index contributed by atoms with van der Waals surface area (Å²) in [7, 11) is 0. The molecule has 0 unspecified atom stereocenters. The number of benzene rings is 1. The van der Waals surface area contributed by atoms with Gasteiger partial charge in [-0.05, 0) is 31.5 Å². The van der Waals surface area contributed by atoms with E-state index in [1.54, 1.807) is 18.2 Å². The predicted octanol–water partition coefficient (Wildman–Crippen LogP) is 1.46. The molecule has 0 spiro atoms. The van der Waals surface area contributed by atoms with Gasteiger partial charge in [-0.25, -0.2) is 0 Å². The van der Waals surface area contributed by atoms with Crippen LogP contribution in [0, 0.1) is 0 Å². The number of rotatable bonds is 3. The Hall–Kier alpha value is -1.51. The van der Waals surface area contributed by atoms with Crippen molar-refractivity contribution in [2.24, 2.45) is 0 Å². The summed E-state index contributed by atoms with van der Waals surface area (Å²) in [5, 5.41) is 12.0. The fourth-order valence-electron chi connectivity index (χ4n) is 1.22. The second kappa shape index (κ2) is 4.65. The summed E-state index contributed by atoms with van der Waals surface area (Å²) >= 11 is 0. The maximum atomic E-state index is 11.3. The Morgan fingerprint density at radius 3 is 2.79 bits per heavy atom.